The van der Waals surface area contributed by atoms with Crippen molar-refractivity contribution in [3.63, 3.8) is 0 Å². The first-order chi connectivity index (χ1) is 13.5. The molecule has 28 heavy (non-hydrogen) atoms. The number of hydrogen-bond acceptors (Lipinski definition) is 5. The first-order valence-electron chi connectivity index (χ1n) is 9.70. The van der Waals surface area contributed by atoms with Crippen molar-refractivity contribution in [3.05, 3.63) is 47.2 Å². The predicted molar refractivity (Wildman–Crippen MR) is 106 cm³/mol. The largest absolute Gasteiger partial charge is 0.468 e. The molecule has 0 radical (unpaired) electrons. The number of aromatic amines is 1. The highest BCUT2D eigenvalue weighted by Gasteiger charge is 2.55. The number of allylic oxidation sites excluding steroid dienone is 1. The van der Waals surface area contributed by atoms with Crippen molar-refractivity contribution in [2.45, 2.75) is 32.2 Å². The van der Waals surface area contributed by atoms with Crippen molar-refractivity contribution in [2.24, 2.45) is 5.92 Å². The Morgan fingerprint density at radius 2 is 2.11 bits per heavy atom. The summed E-state index contributed by atoms with van der Waals surface area (Å²) in [5, 5.41) is 1.10. The molecule has 0 spiro atoms. The average molecular weight is 382 g/mol. The summed E-state index contributed by atoms with van der Waals surface area (Å²) in [6.07, 6.45) is 2.90. The molecule has 2 bridgehead atoms. The maximum Gasteiger partial charge on any atom is 0.321 e. The van der Waals surface area contributed by atoms with Crippen LogP contribution in [0.2, 0.25) is 0 Å². The fraction of sp³-hybridized carbons (Fsp3) is 0.455. The lowest BCUT2D eigenvalue weighted by Crippen LogP contribution is -2.55. The van der Waals surface area contributed by atoms with E-state index in [1.807, 2.05) is 25.1 Å². The second-order valence-electron chi connectivity index (χ2n) is 7.68. The highest BCUT2D eigenvalue weighted by Crippen LogP contribution is 2.47. The Morgan fingerprint density at radius 3 is 2.82 bits per heavy atom. The summed E-state index contributed by atoms with van der Waals surface area (Å²) in [4.78, 5) is 31.0. The molecule has 5 rings (SSSR count). The van der Waals surface area contributed by atoms with E-state index in [1.54, 1.807) is 0 Å². The minimum absolute atomic E-state index is 0.0309. The third kappa shape index (κ3) is 2.75. The topological polar surface area (TPSA) is 71.6 Å². The van der Waals surface area contributed by atoms with Gasteiger partial charge < -0.3 is 14.5 Å². The predicted octanol–water partition coefficient (Wildman–Crippen LogP) is 2.92. The van der Waals surface area contributed by atoms with Crippen LogP contribution in [0, 0.1) is 5.92 Å². The van der Waals surface area contributed by atoms with Crippen LogP contribution in [0.5, 0.6) is 0 Å². The number of methoxy groups -OCH3 is 1. The summed E-state index contributed by atoms with van der Waals surface area (Å²) in [6.45, 7) is 5.78. The van der Waals surface area contributed by atoms with Gasteiger partial charge in [-0.2, -0.15) is 0 Å². The van der Waals surface area contributed by atoms with Gasteiger partial charge in [-0.05, 0) is 31.5 Å². The Labute approximate surface area is 164 Å². The van der Waals surface area contributed by atoms with Crippen molar-refractivity contribution in [1.29, 1.82) is 0 Å². The highest BCUT2D eigenvalue weighted by atomic mass is 16.5. The van der Waals surface area contributed by atoms with Gasteiger partial charge in [-0.3, -0.25) is 14.5 Å². The average Bonchev–Trinajstić information content (AvgIpc) is 3.05. The zero-order valence-electron chi connectivity index (χ0n) is 16.6. The standard InChI is InChI=1S/C22H26N2O4/c1-4-15-11-24-10-9-18(15)22(21(26)27-3,13-28-14(2)25)20-17(12-24)16-7-5-6-8-19(16)23-20/h4-8,18,23H,9-13H2,1-3H3/t18-,22+/m0/s1. The van der Waals surface area contributed by atoms with E-state index < -0.39 is 11.4 Å². The molecule has 6 nitrogen and oxygen atoms in total. The Kier molecular flexibility index (Phi) is 4.75. The molecule has 1 aromatic carbocycles. The van der Waals surface area contributed by atoms with E-state index in [4.69, 9.17) is 9.47 Å². The van der Waals surface area contributed by atoms with Crippen molar-refractivity contribution >= 4 is 22.8 Å². The second kappa shape index (κ2) is 7.09. The van der Waals surface area contributed by atoms with Gasteiger partial charge in [0.1, 0.15) is 12.0 Å². The van der Waals surface area contributed by atoms with Crippen molar-refractivity contribution in [1.82, 2.24) is 9.88 Å². The number of fused-ring (bicyclic) bond motifs is 3. The monoisotopic (exact) mass is 382 g/mol. The van der Waals surface area contributed by atoms with Crippen molar-refractivity contribution in [3.8, 4) is 0 Å². The zero-order chi connectivity index (χ0) is 19.9. The molecule has 1 N–H and O–H groups in total. The maximum atomic E-state index is 13.4. The van der Waals surface area contributed by atoms with E-state index in [1.165, 1.54) is 19.6 Å². The summed E-state index contributed by atoms with van der Waals surface area (Å²) < 4.78 is 10.8. The number of esters is 2. The summed E-state index contributed by atoms with van der Waals surface area (Å²) in [5.41, 5.74) is 2.99. The second-order valence-corrected chi connectivity index (χ2v) is 7.68. The highest BCUT2D eigenvalue weighted by molar-refractivity contribution is 5.91. The molecule has 3 aliphatic rings. The summed E-state index contributed by atoms with van der Waals surface area (Å²) in [6, 6.07) is 8.07. The molecule has 3 atom stereocenters. The van der Waals surface area contributed by atoms with Crippen LogP contribution < -0.4 is 0 Å². The fourth-order valence-electron chi connectivity index (χ4n) is 4.95. The number of nitrogens with zero attached hydrogens (tertiary/aromatic N) is 1. The number of aromatic nitrogens is 1. The molecule has 1 fully saturated rings. The molecule has 148 valence electrons. The third-order valence-electron chi connectivity index (χ3n) is 6.25. The fourth-order valence-corrected chi connectivity index (χ4v) is 4.95. The third-order valence-corrected chi connectivity index (χ3v) is 6.25. The van der Waals surface area contributed by atoms with E-state index in [0.29, 0.717) is 0 Å². The number of piperidine rings is 1. The number of carbonyl (C=O) groups is 2. The number of hydrogen-bond donors (Lipinski definition) is 1. The number of ether oxygens (including phenoxy) is 2. The Balaban J connectivity index is 2.03. The Morgan fingerprint density at radius 1 is 1.32 bits per heavy atom. The van der Waals surface area contributed by atoms with Crippen LogP contribution in [-0.2, 0) is 31.0 Å². The van der Waals surface area contributed by atoms with Gasteiger partial charge in [0.2, 0.25) is 0 Å². The van der Waals surface area contributed by atoms with Gasteiger partial charge in [0, 0.05) is 42.5 Å². The van der Waals surface area contributed by atoms with Gasteiger partial charge >= 0.3 is 11.9 Å². The van der Waals surface area contributed by atoms with Crippen LogP contribution in [0.1, 0.15) is 31.5 Å². The SMILES string of the molecule is CC=C1CN2CC[C@@H]1[C@@](COC(C)=O)(C(=O)OC)c1[nH]c3ccccc3c1C2. The number of para-hydroxylation sites is 1. The van der Waals surface area contributed by atoms with Gasteiger partial charge in [0.25, 0.3) is 0 Å². The van der Waals surface area contributed by atoms with Gasteiger partial charge in [-0.15, -0.1) is 0 Å². The molecule has 3 aliphatic heterocycles. The van der Waals surface area contributed by atoms with E-state index in [0.717, 1.165) is 48.2 Å². The number of benzene rings is 1. The molecule has 1 saturated heterocycles. The lowest BCUT2D eigenvalue weighted by atomic mass is 9.65. The molecule has 0 amide bonds. The lowest BCUT2D eigenvalue weighted by Gasteiger charge is -2.46. The van der Waals surface area contributed by atoms with E-state index in [2.05, 4.69) is 22.0 Å². The van der Waals surface area contributed by atoms with Gasteiger partial charge in [-0.25, -0.2) is 0 Å². The van der Waals surface area contributed by atoms with Crippen LogP contribution >= 0.6 is 0 Å². The number of H-pyrrole nitrogens is 1. The Bertz CT molecular complexity index is 961. The van der Waals surface area contributed by atoms with Gasteiger partial charge in [0.05, 0.1) is 7.11 Å². The molecule has 4 heterocycles. The quantitative estimate of drug-likeness (QED) is 0.653. The molecule has 6 heteroatoms. The minimum atomic E-state index is -1.08. The number of carbonyl (C=O) groups excluding carboxylic acids is 2. The van der Waals surface area contributed by atoms with E-state index >= 15 is 0 Å². The van der Waals surface area contributed by atoms with Gasteiger partial charge in [0.15, 0.2) is 0 Å². The first-order valence-corrected chi connectivity index (χ1v) is 9.70. The molecule has 2 aromatic rings. The summed E-state index contributed by atoms with van der Waals surface area (Å²) in [5.74, 6) is -0.851. The normalized spacial score (nSPS) is 27.9. The molecule has 1 aromatic heterocycles. The van der Waals surface area contributed by atoms with Crippen LogP contribution in [0.4, 0.5) is 0 Å². The molecular weight excluding hydrogens is 356 g/mol. The van der Waals surface area contributed by atoms with Crippen LogP contribution in [-0.4, -0.2) is 48.6 Å². The first kappa shape index (κ1) is 18.7. The molecule has 1 unspecified atom stereocenters. The maximum absolute atomic E-state index is 13.4. The summed E-state index contributed by atoms with van der Waals surface area (Å²) >= 11 is 0. The zero-order valence-corrected chi connectivity index (χ0v) is 16.6. The van der Waals surface area contributed by atoms with Gasteiger partial charge in [-0.1, -0.05) is 29.8 Å². The van der Waals surface area contributed by atoms with Crippen molar-refractivity contribution in [2.75, 3.05) is 26.8 Å². The Hall–Kier alpha value is -2.60. The lowest BCUT2D eigenvalue weighted by molar-refractivity contribution is -0.158. The molecule has 0 aliphatic carbocycles. The smallest absolute Gasteiger partial charge is 0.321 e. The minimum Gasteiger partial charge on any atom is -0.468 e. The number of rotatable bonds is 3. The van der Waals surface area contributed by atoms with Crippen LogP contribution in [0.25, 0.3) is 10.9 Å². The molecular formula is C22H26N2O4. The number of nitrogens with one attached hydrogen (secondary N) is 1. The molecule has 0 saturated carbocycles. The van der Waals surface area contributed by atoms with Crippen LogP contribution in [0.15, 0.2) is 35.9 Å². The van der Waals surface area contributed by atoms with E-state index in [-0.39, 0.29) is 18.5 Å². The van der Waals surface area contributed by atoms with Crippen LogP contribution in [0.3, 0.4) is 0 Å². The van der Waals surface area contributed by atoms with Crippen molar-refractivity contribution < 1.29 is 19.1 Å². The summed E-state index contributed by atoms with van der Waals surface area (Å²) in [7, 11) is 1.41. The van der Waals surface area contributed by atoms with E-state index in [9.17, 15) is 9.59 Å².